The van der Waals surface area contributed by atoms with Gasteiger partial charge < -0.3 is 10.1 Å². The molecule has 84 valence electrons. The molecule has 1 atom stereocenters. The second-order valence-corrected chi connectivity index (χ2v) is 5.84. The Morgan fingerprint density at radius 3 is 3.20 bits per heavy atom. The highest BCUT2D eigenvalue weighted by molar-refractivity contribution is 9.10. The molecule has 1 aliphatic heterocycles. The fourth-order valence-corrected chi connectivity index (χ4v) is 3.20. The molecule has 0 radical (unpaired) electrons. The van der Waals surface area contributed by atoms with Crippen molar-refractivity contribution in [2.24, 2.45) is 5.92 Å². The van der Waals surface area contributed by atoms with Crippen LogP contribution >= 0.6 is 27.3 Å². The van der Waals surface area contributed by atoms with Gasteiger partial charge in [-0.05, 0) is 53.8 Å². The minimum Gasteiger partial charge on any atom is -0.376 e. The Balaban J connectivity index is 1.58. The van der Waals surface area contributed by atoms with Gasteiger partial charge in [0.2, 0.25) is 0 Å². The van der Waals surface area contributed by atoms with Crippen molar-refractivity contribution >= 4 is 27.3 Å². The fourth-order valence-electron chi connectivity index (χ4n) is 1.81. The first-order valence-electron chi connectivity index (χ1n) is 5.36. The van der Waals surface area contributed by atoms with Gasteiger partial charge in [0.1, 0.15) is 0 Å². The first-order valence-corrected chi connectivity index (χ1v) is 7.03. The minimum atomic E-state index is 0.760. The zero-order valence-electron chi connectivity index (χ0n) is 8.67. The van der Waals surface area contributed by atoms with Crippen molar-refractivity contribution in [3.8, 4) is 0 Å². The standard InChI is InChI=1S/C11H16BrNOS/c12-10-5-11(15-8-10)7-14-4-2-9-1-3-13-6-9/h5,8-9,13H,1-4,6-7H2. The average Bonchev–Trinajstić information content (AvgIpc) is 2.84. The van der Waals surface area contributed by atoms with Crippen LogP contribution in [0, 0.1) is 5.92 Å². The third-order valence-corrected chi connectivity index (χ3v) is 4.37. The predicted molar refractivity (Wildman–Crippen MR) is 67.3 cm³/mol. The number of halogens is 1. The maximum absolute atomic E-state index is 5.66. The summed E-state index contributed by atoms with van der Waals surface area (Å²) in [5, 5.41) is 5.47. The van der Waals surface area contributed by atoms with Gasteiger partial charge in [0, 0.05) is 21.3 Å². The molecule has 15 heavy (non-hydrogen) atoms. The summed E-state index contributed by atoms with van der Waals surface area (Å²) in [6, 6.07) is 2.13. The molecule has 0 aromatic carbocycles. The lowest BCUT2D eigenvalue weighted by molar-refractivity contribution is 0.111. The second kappa shape index (κ2) is 5.99. The maximum atomic E-state index is 5.66. The molecule has 1 aromatic rings. The number of ether oxygens (including phenoxy) is 1. The molecule has 1 fully saturated rings. The number of thiophene rings is 1. The molecule has 2 nitrogen and oxygen atoms in total. The molecule has 2 rings (SSSR count). The van der Waals surface area contributed by atoms with Gasteiger partial charge in [0.25, 0.3) is 0 Å². The Hall–Kier alpha value is 0.1000. The van der Waals surface area contributed by atoms with E-state index in [0.29, 0.717) is 0 Å². The van der Waals surface area contributed by atoms with Gasteiger partial charge in [0.05, 0.1) is 6.61 Å². The molecule has 0 bridgehead atoms. The van der Waals surface area contributed by atoms with Crippen LogP contribution in [0.2, 0.25) is 0 Å². The topological polar surface area (TPSA) is 21.3 Å². The number of rotatable bonds is 5. The number of hydrogen-bond donors (Lipinski definition) is 1. The summed E-state index contributed by atoms with van der Waals surface area (Å²) in [4.78, 5) is 1.30. The van der Waals surface area contributed by atoms with E-state index in [1.165, 1.54) is 30.8 Å². The van der Waals surface area contributed by atoms with Crippen LogP contribution in [0.3, 0.4) is 0 Å². The van der Waals surface area contributed by atoms with E-state index >= 15 is 0 Å². The van der Waals surface area contributed by atoms with Gasteiger partial charge in [-0.3, -0.25) is 0 Å². The zero-order valence-corrected chi connectivity index (χ0v) is 11.1. The van der Waals surface area contributed by atoms with Crippen molar-refractivity contribution in [1.82, 2.24) is 5.32 Å². The SMILES string of the molecule is Brc1csc(COCCC2CCNC2)c1. The Bertz CT molecular complexity index is 297. The lowest BCUT2D eigenvalue weighted by Crippen LogP contribution is -2.10. The van der Waals surface area contributed by atoms with E-state index in [1.54, 1.807) is 11.3 Å². The highest BCUT2D eigenvalue weighted by atomic mass is 79.9. The van der Waals surface area contributed by atoms with Crippen molar-refractivity contribution in [3.63, 3.8) is 0 Å². The Kier molecular flexibility index (Phi) is 4.62. The highest BCUT2D eigenvalue weighted by Crippen LogP contribution is 2.20. The van der Waals surface area contributed by atoms with Crippen molar-refractivity contribution in [2.45, 2.75) is 19.4 Å². The lowest BCUT2D eigenvalue weighted by atomic mass is 10.1. The second-order valence-electron chi connectivity index (χ2n) is 3.93. The predicted octanol–water partition coefficient (Wildman–Crippen LogP) is 3.03. The molecule has 1 unspecified atom stereocenters. The van der Waals surface area contributed by atoms with E-state index in [-0.39, 0.29) is 0 Å². The average molecular weight is 290 g/mol. The molecular formula is C11H16BrNOS. The van der Waals surface area contributed by atoms with E-state index in [4.69, 9.17) is 4.74 Å². The molecule has 1 aromatic heterocycles. The Morgan fingerprint density at radius 1 is 1.60 bits per heavy atom. The molecule has 0 aliphatic carbocycles. The van der Waals surface area contributed by atoms with Gasteiger partial charge in [-0.15, -0.1) is 11.3 Å². The van der Waals surface area contributed by atoms with Crippen LogP contribution in [0.1, 0.15) is 17.7 Å². The molecule has 0 spiro atoms. The molecule has 2 heterocycles. The van der Waals surface area contributed by atoms with Crippen molar-refractivity contribution < 1.29 is 4.74 Å². The van der Waals surface area contributed by atoms with Crippen LogP contribution < -0.4 is 5.32 Å². The highest BCUT2D eigenvalue weighted by Gasteiger charge is 2.13. The molecule has 0 saturated carbocycles. The van der Waals surface area contributed by atoms with Crippen molar-refractivity contribution in [3.05, 3.63) is 20.8 Å². The quantitative estimate of drug-likeness (QED) is 0.842. The smallest absolute Gasteiger partial charge is 0.0809 e. The largest absolute Gasteiger partial charge is 0.376 e. The van der Waals surface area contributed by atoms with E-state index in [2.05, 4.69) is 32.7 Å². The van der Waals surface area contributed by atoms with Crippen LogP contribution in [0.15, 0.2) is 15.9 Å². The molecule has 1 saturated heterocycles. The van der Waals surface area contributed by atoms with Crippen molar-refractivity contribution in [1.29, 1.82) is 0 Å². The van der Waals surface area contributed by atoms with E-state index < -0.39 is 0 Å². The van der Waals surface area contributed by atoms with Crippen LogP contribution in [-0.2, 0) is 11.3 Å². The lowest BCUT2D eigenvalue weighted by Gasteiger charge is -2.07. The summed E-state index contributed by atoms with van der Waals surface area (Å²) in [5.74, 6) is 0.833. The Labute approximate surface area is 103 Å². The molecular weight excluding hydrogens is 274 g/mol. The normalized spacial score (nSPS) is 21.0. The van der Waals surface area contributed by atoms with Gasteiger partial charge in [-0.1, -0.05) is 0 Å². The molecule has 1 aliphatic rings. The third-order valence-electron chi connectivity index (χ3n) is 2.70. The van der Waals surface area contributed by atoms with E-state index in [0.717, 1.165) is 23.6 Å². The maximum Gasteiger partial charge on any atom is 0.0809 e. The van der Waals surface area contributed by atoms with E-state index in [9.17, 15) is 0 Å². The summed E-state index contributed by atoms with van der Waals surface area (Å²) in [6.07, 6.45) is 2.51. The fraction of sp³-hybridized carbons (Fsp3) is 0.636. The monoisotopic (exact) mass is 289 g/mol. The summed E-state index contributed by atoms with van der Waals surface area (Å²) in [6.45, 7) is 4.01. The van der Waals surface area contributed by atoms with Gasteiger partial charge in [-0.25, -0.2) is 0 Å². The summed E-state index contributed by atoms with van der Waals surface area (Å²) in [5.41, 5.74) is 0. The Morgan fingerprint density at radius 2 is 2.53 bits per heavy atom. The van der Waals surface area contributed by atoms with Gasteiger partial charge in [0.15, 0.2) is 0 Å². The minimum absolute atomic E-state index is 0.760. The van der Waals surface area contributed by atoms with Gasteiger partial charge in [-0.2, -0.15) is 0 Å². The molecule has 4 heteroatoms. The first-order chi connectivity index (χ1) is 7.34. The number of hydrogen-bond acceptors (Lipinski definition) is 3. The van der Waals surface area contributed by atoms with Crippen LogP contribution in [0.5, 0.6) is 0 Å². The van der Waals surface area contributed by atoms with Crippen LogP contribution in [0.25, 0.3) is 0 Å². The summed E-state index contributed by atoms with van der Waals surface area (Å²) in [7, 11) is 0. The summed E-state index contributed by atoms with van der Waals surface area (Å²) >= 11 is 5.19. The van der Waals surface area contributed by atoms with Crippen LogP contribution in [0.4, 0.5) is 0 Å². The first kappa shape index (κ1) is 11.6. The molecule has 0 amide bonds. The van der Waals surface area contributed by atoms with Gasteiger partial charge >= 0.3 is 0 Å². The summed E-state index contributed by atoms with van der Waals surface area (Å²) < 4.78 is 6.82. The van der Waals surface area contributed by atoms with Crippen molar-refractivity contribution in [2.75, 3.05) is 19.7 Å². The molecule has 1 N–H and O–H groups in total. The number of nitrogens with one attached hydrogen (secondary N) is 1. The third kappa shape index (κ3) is 3.87. The van der Waals surface area contributed by atoms with E-state index in [1.807, 2.05) is 0 Å². The van der Waals surface area contributed by atoms with Crippen LogP contribution in [-0.4, -0.2) is 19.7 Å². The zero-order chi connectivity index (χ0) is 10.5.